The van der Waals surface area contributed by atoms with Gasteiger partial charge in [0.1, 0.15) is 0 Å². The zero-order valence-electron chi connectivity index (χ0n) is 10.4. The zero-order valence-corrected chi connectivity index (χ0v) is 10.4. The summed E-state index contributed by atoms with van der Waals surface area (Å²) in [7, 11) is 0. The SMILES string of the molecule is N#CCc1ccc(C2CN(CCO)CCO2)cc1. The Kier molecular flexibility index (Phi) is 4.71. The predicted molar refractivity (Wildman–Crippen MR) is 68.0 cm³/mol. The first-order valence-corrected chi connectivity index (χ1v) is 6.24. The van der Waals surface area contributed by atoms with Gasteiger partial charge in [-0.15, -0.1) is 0 Å². The van der Waals surface area contributed by atoms with Crippen LogP contribution in [0.1, 0.15) is 17.2 Å². The summed E-state index contributed by atoms with van der Waals surface area (Å²) in [6.45, 7) is 3.28. The Labute approximate surface area is 107 Å². The van der Waals surface area contributed by atoms with Crippen molar-refractivity contribution in [2.45, 2.75) is 12.5 Å². The van der Waals surface area contributed by atoms with E-state index >= 15 is 0 Å². The van der Waals surface area contributed by atoms with Gasteiger partial charge < -0.3 is 9.84 Å². The number of hydrogen-bond acceptors (Lipinski definition) is 4. The van der Waals surface area contributed by atoms with E-state index in [9.17, 15) is 0 Å². The monoisotopic (exact) mass is 246 g/mol. The molecule has 4 nitrogen and oxygen atoms in total. The van der Waals surface area contributed by atoms with E-state index in [2.05, 4.69) is 11.0 Å². The minimum Gasteiger partial charge on any atom is -0.395 e. The van der Waals surface area contributed by atoms with E-state index in [0.717, 1.165) is 24.2 Å². The number of nitrogens with zero attached hydrogens (tertiary/aromatic N) is 2. The largest absolute Gasteiger partial charge is 0.395 e. The lowest BCUT2D eigenvalue weighted by molar-refractivity contribution is -0.0337. The molecule has 1 aromatic carbocycles. The van der Waals surface area contributed by atoms with Crippen molar-refractivity contribution in [3.8, 4) is 6.07 Å². The Morgan fingerprint density at radius 1 is 1.39 bits per heavy atom. The lowest BCUT2D eigenvalue weighted by Crippen LogP contribution is -2.39. The van der Waals surface area contributed by atoms with Crippen LogP contribution in [-0.2, 0) is 11.2 Å². The molecular formula is C14H18N2O2. The molecule has 2 rings (SSSR count). The molecule has 0 saturated carbocycles. The second-order valence-corrected chi connectivity index (χ2v) is 4.46. The molecular weight excluding hydrogens is 228 g/mol. The van der Waals surface area contributed by atoms with Crippen molar-refractivity contribution < 1.29 is 9.84 Å². The number of aliphatic hydroxyl groups is 1. The van der Waals surface area contributed by atoms with Crippen LogP contribution in [0, 0.1) is 11.3 Å². The van der Waals surface area contributed by atoms with Gasteiger partial charge in [-0.3, -0.25) is 4.90 Å². The van der Waals surface area contributed by atoms with Gasteiger partial charge in [0, 0.05) is 19.6 Å². The molecule has 1 aliphatic heterocycles. The number of β-amino-alcohol motifs (C(OH)–C–C–N with tert-alkyl or cyclic N) is 1. The third-order valence-electron chi connectivity index (χ3n) is 3.20. The van der Waals surface area contributed by atoms with Gasteiger partial charge in [-0.2, -0.15) is 5.26 Å². The number of benzene rings is 1. The summed E-state index contributed by atoms with van der Waals surface area (Å²) >= 11 is 0. The average molecular weight is 246 g/mol. The van der Waals surface area contributed by atoms with Crippen LogP contribution in [0.3, 0.4) is 0 Å². The molecule has 0 aliphatic carbocycles. The zero-order chi connectivity index (χ0) is 12.8. The van der Waals surface area contributed by atoms with Crippen molar-refractivity contribution in [3.63, 3.8) is 0 Å². The maximum atomic E-state index is 8.96. The molecule has 1 fully saturated rings. The van der Waals surface area contributed by atoms with Gasteiger partial charge in [0.2, 0.25) is 0 Å². The molecule has 1 unspecified atom stereocenters. The van der Waals surface area contributed by atoms with Gasteiger partial charge >= 0.3 is 0 Å². The van der Waals surface area contributed by atoms with E-state index in [1.165, 1.54) is 0 Å². The summed E-state index contributed by atoms with van der Waals surface area (Å²) in [5, 5.41) is 17.6. The van der Waals surface area contributed by atoms with E-state index in [1.807, 2.05) is 24.3 Å². The standard InChI is InChI=1S/C14H18N2O2/c15-6-5-12-1-3-13(4-2-12)14-11-16(7-9-17)8-10-18-14/h1-4,14,17H,5,7-11H2. The van der Waals surface area contributed by atoms with Crippen LogP contribution < -0.4 is 0 Å². The minimum atomic E-state index is 0.0708. The fraction of sp³-hybridized carbons (Fsp3) is 0.500. The van der Waals surface area contributed by atoms with Crippen LogP contribution >= 0.6 is 0 Å². The number of nitriles is 1. The molecule has 0 bridgehead atoms. The van der Waals surface area contributed by atoms with E-state index in [4.69, 9.17) is 15.1 Å². The fourth-order valence-corrected chi connectivity index (χ4v) is 2.19. The Morgan fingerprint density at radius 2 is 2.17 bits per heavy atom. The molecule has 1 heterocycles. The topological polar surface area (TPSA) is 56.5 Å². The van der Waals surface area contributed by atoms with Crippen molar-refractivity contribution in [1.82, 2.24) is 4.90 Å². The number of hydrogen-bond donors (Lipinski definition) is 1. The maximum Gasteiger partial charge on any atom is 0.0952 e. The Balaban J connectivity index is 2.00. The van der Waals surface area contributed by atoms with Crippen LogP contribution in [0.4, 0.5) is 0 Å². The van der Waals surface area contributed by atoms with Gasteiger partial charge in [-0.05, 0) is 11.1 Å². The van der Waals surface area contributed by atoms with Crippen LogP contribution in [0.15, 0.2) is 24.3 Å². The van der Waals surface area contributed by atoms with Crippen LogP contribution in [-0.4, -0.2) is 42.9 Å². The lowest BCUT2D eigenvalue weighted by Gasteiger charge is -2.32. The average Bonchev–Trinajstić information content (AvgIpc) is 2.41. The van der Waals surface area contributed by atoms with E-state index in [-0.39, 0.29) is 12.7 Å². The highest BCUT2D eigenvalue weighted by molar-refractivity contribution is 5.26. The molecule has 96 valence electrons. The molecule has 1 aliphatic rings. The molecule has 1 atom stereocenters. The van der Waals surface area contributed by atoms with Crippen molar-refractivity contribution in [2.75, 3.05) is 32.8 Å². The number of morpholine rings is 1. The molecule has 1 aromatic rings. The molecule has 0 spiro atoms. The summed E-state index contributed by atoms with van der Waals surface area (Å²) in [5.41, 5.74) is 2.17. The third kappa shape index (κ3) is 3.30. The Hall–Kier alpha value is -1.41. The quantitative estimate of drug-likeness (QED) is 0.865. The summed E-state index contributed by atoms with van der Waals surface area (Å²) < 4.78 is 5.75. The Bertz CT molecular complexity index is 409. The first kappa shape index (κ1) is 13.0. The normalized spacial score (nSPS) is 20.6. The minimum absolute atomic E-state index is 0.0708. The first-order chi connectivity index (χ1) is 8.83. The predicted octanol–water partition coefficient (Wildman–Crippen LogP) is 1.12. The summed E-state index contributed by atoms with van der Waals surface area (Å²) in [5.74, 6) is 0. The van der Waals surface area contributed by atoms with Gasteiger partial charge in [0.25, 0.3) is 0 Å². The lowest BCUT2D eigenvalue weighted by atomic mass is 10.0. The smallest absolute Gasteiger partial charge is 0.0952 e. The van der Waals surface area contributed by atoms with E-state index in [1.54, 1.807) is 0 Å². The second kappa shape index (κ2) is 6.50. The van der Waals surface area contributed by atoms with Crippen LogP contribution in [0.25, 0.3) is 0 Å². The highest BCUT2D eigenvalue weighted by Crippen LogP contribution is 2.22. The summed E-state index contributed by atoms with van der Waals surface area (Å²) in [6, 6.07) is 10.2. The number of ether oxygens (including phenoxy) is 1. The summed E-state index contributed by atoms with van der Waals surface area (Å²) in [6.07, 6.45) is 0.518. The van der Waals surface area contributed by atoms with Gasteiger partial charge in [-0.25, -0.2) is 0 Å². The van der Waals surface area contributed by atoms with Crippen molar-refractivity contribution >= 4 is 0 Å². The first-order valence-electron chi connectivity index (χ1n) is 6.24. The molecule has 1 saturated heterocycles. The molecule has 18 heavy (non-hydrogen) atoms. The Morgan fingerprint density at radius 3 is 2.83 bits per heavy atom. The van der Waals surface area contributed by atoms with Gasteiger partial charge in [0.15, 0.2) is 0 Å². The third-order valence-corrected chi connectivity index (χ3v) is 3.20. The van der Waals surface area contributed by atoms with E-state index < -0.39 is 0 Å². The maximum absolute atomic E-state index is 8.96. The van der Waals surface area contributed by atoms with Gasteiger partial charge in [-0.1, -0.05) is 24.3 Å². The fourth-order valence-electron chi connectivity index (χ4n) is 2.19. The highest BCUT2D eigenvalue weighted by Gasteiger charge is 2.21. The highest BCUT2D eigenvalue weighted by atomic mass is 16.5. The number of aliphatic hydroxyl groups excluding tert-OH is 1. The van der Waals surface area contributed by atoms with Gasteiger partial charge in [0.05, 0.1) is 31.8 Å². The van der Waals surface area contributed by atoms with Crippen molar-refractivity contribution in [3.05, 3.63) is 35.4 Å². The summed E-state index contributed by atoms with van der Waals surface area (Å²) in [4.78, 5) is 2.21. The van der Waals surface area contributed by atoms with Crippen molar-refractivity contribution in [2.24, 2.45) is 0 Å². The van der Waals surface area contributed by atoms with Crippen LogP contribution in [0.2, 0.25) is 0 Å². The number of rotatable bonds is 4. The molecule has 0 aromatic heterocycles. The van der Waals surface area contributed by atoms with Crippen molar-refractivity contribution in [1.29, 1.82) is 5.26 Å². The van der Waals surface area contributed by atoms with E-state index in [0.29, 0.717) is 19.6 Å². The van der Waals surface area contributed by atoms with Crippen LogP contribution in [0.5, 0.6) is 0 Å². The molecule has 0 radical (unpaired) electrons. The molecule has 1 N–H and O–H groups in total. The molecule has 4 heteroatoms. The second-order valence-electron chi connectivity index (χ2n) is 4.46. The molecule has 0 amide bonds.